The summed E-state index contributed by atoms with van der Waals surface area (Å²) in [6.45, 7) is 4.58. The van der Waals surface area contributed by atoms with E-state index in [4.69, 9.17) is 11.5 Å². The third kappa shape index (κ3) is 30.5. The van der Waals surface area contributed by atoms with Crippen molar-refractivity contribution in [3.05, 3.63) is 0 Å². The average Bonchev–Trinajstić information content (AvgIpc) is 2.74. The number of hydrogen-bond acceptors (Lipinski definition) is 2. The summed E-state index contributed by atoms with van der Waals surface area (Å²) in [6.07, 6.45) is 32.6. The van der Waals surface area contributed by atoms with E-state index in [-0.39, 0.29) is 24.8 Å². The van der Waals surface area contributed by atoms with Gasteiger partial charge in [0.1, 0.15) is 0 Å². The van der Waals surface area contributed by atoms with Crippen LogP contribution in [0.5, 0.6) is 0 Å². The number of unbranched alkanes of at least 4 members (excludes halogenated alkanes) is 17. The van der Waals surface area contributed by atoms with Crippen molar-refractivity contribution in [2.75, 3.05) is 0 Å². The fraction of sp³-hybridized carbons (Fsp3) is 1.00. The highest BCUT2D eigenvalue weighted by Crippen LogP contribution is 2.15. The van der Waals surface area contributed by atoms with Crippen LogP contribution in [-0.4, -0.2) is 12.1 Å². The van der Waals surface area contributed by atoms with Crippen LogP contribution in [0, 0.1) is 0 Å². The second-order valence-electron chi connectivity index (χ2n) is 10.0. The minimum atomic E-state index is 0. The Hall–Kier alpha value is 0.500. The molecule has 32 heavy (non-hydrogen) atoms. The Morgan fingerprint density at radius 3 is 0.781 bits per heavy atom. The van der Waals surface area contributed by atoms with Crippen LogP contribution in [0.4, 0.5) is 0 Å². The Morgan fingerprint density at radius 2 is 0.531 bits per heavy atom. The molecule has 0 aliphatic heterocycles. The zero-order valence-electron chi connectivity index (χ0n) is 22.1. The molecular formula is C28H62Cl2N2. The molecule has 0 fully saturated rings. The van der Waals surface area contributed by atoms with Crippen molar-refractivity contribution >= 4 is 24.8 Å². The lowest BCUT2D eigenvalue weighted by Gasteiger charge is -2.14. The van der Waals surface area contributed by atoms with Crippen LogP contribution in [0.25, 0.3) is 0 Å². The van der Waals surface area contributed by atoms with Gasteiger partial charge in [0.2, 0.25) is 0 Å². The van der Waals surface area contributed by atoms with Gasteiger partial charge in [-0.2, -0.15) is 0 Å². The Morgan fingerprint density at radius 1 is 0.344 bits per heavy atom. The maximum absolute atomic E-state index is 6.32. The summed E-state index contributed by atoms with van der Waals surface area (Å²) in [5, 5.41) is 0. The van der Waals surface area contributed by atoms with E-state index in [2.05, 4.69) is 13.8 Å². The van der Waals surface area contributed by atoms with Gasteiger partial charge in [0.15, 0.2) is 0 Å². The summed E-state index contributed by atoms with van der Waals surface area (Å²) < 4.78 is 0. The molecule has 0 aliphatic rings. The van der Waals surface area contributed by atoms with Gasteiger partial charge in [-0.15, -0.1) is 24.8 Å². The molecule has 2 atom stereocenters. The van der Waals surface area contributed by atoms with Gasteiger partial charge in [0.05, 0.1) is 0 Å². The molecule has 2 unspecified atom stereocenters. The molecular weight excluding hydrogens is 435 g/mol. The first-order valence-electron chi connectivity index (χ1n) is 14.2. The summed E-state index contributed by atoms with van der Waals surface area (Å²) >= 11 is 0. The van der Waals surface area contributed by atoms with Crippen molar-refractivity contribution in [3.63, 3.8) is 0 Å². The molecule has 0 amide bonds. The van der Waals surface area contributed by atoms with Gasteiger partial charge in [-0.3, -0.25) is 0 Å². The molecule has 0 aromatic rings. The van der Waals surface area contributed by atoms with Gasteiger partial charge in [-0.25, -0.2) is 0 Å². The van der Waals surface area contributed by atoms with Crippen molar-refractivity contribution in [3.8, 4) is 0 Å². The molecule has 2 nitrogen and oxygen atoms in total. The highest BCUT2D eigenvalue weighted by molar-refractivity contribution is 5.85. The first-order valence-corrected chi connectivity index (χ1v) is 14.2. The van der Waals surface area contributed by atoms with E-state index in [1.807, 2.05) is 0 Å². The normalized spacial score (nSPS) is 12.8. The van der Waals surface area contributed by atoms with Crippen molar-refractivity contribution in [2.24, 2.45) is 11.5 Å². The second-order valence-corrected chi connectivity index (χ2v) is 10.0. The molecule has 0 radical (unpaired) electrons. The predicted octanol–water partition coefficient (Wildman–Crippen LogP) is 9.89. The van der Waals surface area contributed by atoms with E-state index in [0.29, 0.717) is 12.1 Å². The van der Waals surface area contributed by atoms with Crippen molar-refractivity contribution in [1.29, 1.82) is 0 Å². The first-order chi connectivity index (χ1) is 14.7. The van der Waals surface area contributed by atoms with E-state index >= 15 is 0 Å². The molecule has 0 saturated heterocycles. The summed E-state index contributed by atoms with van der Waals surface area (Å²) in [6, 6.07) is 0.839. The Labute approximate surface area is 216 Å². The molecule has 0 saturated carbocycles. The molecule has 0 rings (SSSR count). The fourth-order valence-electron chi connectivity index (χ4n) is 4.54. The molecule has 0 heterocycles. The fourth-order valence-corrected chi connectivity index (χ4v) is 4.54. The summed E-state index contributed by atoms with van der Waals surface area (Å²) in [5.74, 6) is 0. The van der Waals surface area contributed by atoms with Crippen LogP contribution in [0.15, 0.2) is 0 Å². The highest BCUT2D eigenvalue weighted by atomic mass is 35.5. The largest absolute Gasteiger partial charge is 0.328 e. The third-order valence-corrected chi connectivity index (χ3v) is 6.76. The SMILES string of the molecule is CCCCCCCCCCCC(N)CCCCC(N)CCCCCCCCCCC.Cl.Cl. The maximum Gasteiger partial charge on any atom is 0.00388 e. The second kappa shape index (κ2) is 31.5. The molecule has 4 heteroatoms. The quantitative estimate of drug-likeness (QED) is 0.123. The molecule has 0 spiro atoms. The van der Waals surface area contributed by atoms with Crippen LogP contribution in [0.2, 0.25) is 0 Å². The van der Waals surface area contributed by atoms with Gasteiger partial charge in [-0.1, -0.05) is 142 Å². The van der Waals surface area contributed by atoms with Crippen molar-refractivity contribution < 1.29 is 0 Å². The van der Waals surface area contributed by atoms with Crippen LogP contribution < -0.4 is 11.5 Å². The molecule has 0 aliphatic carbocycles. The van der Waals surface area contributed by atoms with E-state index in [0.717, 1.165) is 0 Å². The molecule has 0 aromatic carbocycles. The molecule has 0 bridgehead atoms. The smallest absolute Gasteiger partial charge is 0.00388 e. The topological polar surface area (TPSA) is 52.0 Å². The summed E-state index contributed by atoms with van der Waals surface area (Å²) in [4.78, 5) is 0. The van der Waals surface area contributed by atoms with Crippen LogP contribution in [-0.2, 0) is 0 Å². The highest BCUT2D eigenvalue weighted by Gasteiger charge is 2.05. The lowest BCUT2D eigenvalue weighted by atomic mass is 9.98. The monoisotopic (exact) mass is 496 g/mol. The van der Waals surface area contributed by atoms with Gasteiger partial charge in [0.25, 0.3) is 0 Å². The summed E-state index contributed by atoms with van der Waals surface area (Å²) in [7, 11) is 0. The first kappa shape index (κ1) is 37.1. The number of hydrogen-bond donors (Lipinski definition) is 2. The standard InChI is InChI=1S/C28H60N2.2ClH/c1-3-5-7-9-11-13-15-17-19-23-27(29)25-21-22-26-28(30)24-20-18-16-14-12-10-8-6-4-2;;/h27-28H,3-26,29-30H2,1-2H3;2*1H. The lowest BCUT2D eigenvalue weighted by molar-refractivity contribution is 0.458. The zero-order chi connectivity index (χ0) is 22.1. The van der Waals surface area contributed by atoms with Gasteiger partial charge < -0.3 is 11.5 Å². The van der Waals surface area contributed by atoms with Crippen LogP contribution in [0.3, 0.4) is 0 Å². The van der Waals surface area contributed by atoms with Crippen LogP contribution in [0.1, 0.15) is 168 Å². The number of rotatable bonds is 25. The third-order valence-electron chi connectivity index (χ3n) is 6.76. The minimum Gasteiger partial charge on any atom is -0.328 e. The molecule has 4 N–H and O–H groups in total. The van der Waals surface area contributed by atoms with E-state index in [1.165, 1.54) is 154 Å². The van der Waals surface area contributed by atoms with Gasteiger partial charge in [-0.05, 0) is 25.7 Å². The molecule has 198 valence electrons. The Kier molecular flexibility index (Phi) is 36.5. The van der Waals surface area contributed by atoms with E-state index in [9.17, 15) is 0 Å². The van der Waals surface area contributed by atoms with Gasteiger partial charge >= 0.3 is 0 Å². The van der Waals surface area contributed by atoms with Crippen molar-refractivity contribution in [1.82, 2.24) is 0 Å². The van der Waals surface area contributed by atoms with E-state index < -0.39 is 0 Å². The Balaban J connectivity index is -0.00000420. The predicted molar refractivity (Wildman–Crippen MR) is 153 cm³/mol. The van der Waals surface area contributed by atoms with Gasteiger partial charge in [0, 0.05) is 12.1 Å². The minimum absolute atomic E-state index is 0. The maximum atomic E-state index is 6.32. The zero-order valence-corrected chi connectivity index (χ0v) is 23.7. The van der Waals surface area contributed by atoms with E-state index in [1.54, 1.807) is 0 Å². The number of halogens is 2. The van der Waals surface area contributed by atoms with Crippen LogP contribution >= 0.6 is 24.8 Å². The number of nitrogens with two attached hydrogens (primary N) is 2. The Bertz CT molecular complexity index is 286. The van der Waals surface area contributed by atoms with Crippen molar-refractivity contribution in [2.45, 2.75) is 180 Å². The lowest BCUT2D eigenvalue weighted by Crippen LogP contribution is -2.21. The molecule has 0 aromatic heterocycles. The summed E-state index contributed by atoms with van der Waals surface area (Å²) in [5.41, 5.74) is 12.6. The average molecular weight is 498 g/mol.